The quantitative estimate of drug-likeness (QED) is 0.0551. The van der Waals surface area contributed by atoms with E-state index in [1.54, 1.807) is 12.3 Å². The zero-order chi connectivity index (χ0) is 74.1. The number of H-pyrrole nitrogens is 2. The van der Waals surface area contributed by atoms with Gasteiger partial charge >= 0.3 is 5.97 Å². The predicted molar refractivity (Wildman–Crippen MR) is 382 cm³/mol. The summed E-state index contributed by atoms with van der Waals surface area (Å²) in [6.45, 7) is 3.17. The molecule has 9 atom stereocenters. The van der Waals surface area contributed by atoms with Gasteiger partial charge < -0.3 is 68.4 Å². The fraction of sp³-hybridized carbons (Fsp3) is 0.425. The first-order valence-electron chi connectivity index (χ1n) is 34.1. The lowest BCUT2D eigenvalue weighted by molar-refractivity contribution is -0.147. The number of thioether (sulfide) groups is 2. The van der Waals surface area contributed by atoms with Crippen molar-refractivity contribution < 1.29 is 76.1 Å². The number of carbonyl (C=O) groups is 11. The molecule has 103 heavy (non-hydrogen) atoms. The van der Waals surface area contributed by atoms with Crippen LogP contribution < -0.4 is 43.4 Å². The number of aliphatic imine (C=N–C) groups is 1. The number of halogens is 3. The number of aromatic hydroxyl groups is 1. The van der Waals surface area contributed by atoms with Crippen LogP contribution >= 0.6 is 23.5 Å². The Morgan fingerprint density at radius 3 is 1.91 bits per heavy atom. The minimum atomic E-state index is -1.92. The van der Waals surface area contributed by atoms with Crippen LogP contribution in [-0.4, -0.2) is 162 Å². The Hall–Kier alpha value is -9.81. The van der Waals surface area contributed by atoms with Gasteiger partial charge in [0.1, 0.15) is 52.9 Å². The largest absolute Gasteiger partial charge is 0.508 e. The monoisotopic (exact) mass is 1460 g/mol. The maximum atomic E-state index is 15.3. The van der Waals surface area contributed by atoms with Gasteiger partial charge in [0.05, 0.1) is 18.5 Å². The van der Waals surface area contributed by atoms with E-state index in [4.69, 9.17) is 11.5 Å². The molecular formula is C73H85F3N12O13S2. The second-order valence-corrected chi connectivity index (χ2v) is 28.7. The van der Waals surface area contributed by atoms with E-state index in [-0.39, 0.29) is 97.7 Å². The highest BCUT2D eigenvalue weighted by atomic mass is 32.2. The molecule has 3 aliphatic rings. The number of unbranched alkanes of at least 4 members (excludes halogenated alkanes) is 1. The van der Waals surface area contributed by atoms with E-state index in [0.29, 0.717) is 63.5 Å². The van der Waals surface area contributed by atoms with Crippen molar-refractivity contribution in [2.75, 3.05) is 24.6 Å². The van der Waals surface area contributed by atoms with E-state index in [0.717, 1.165) is 0 Å². The number of aliphatic carboxylic acids is 1. The molecule has 0 saturated carbocycles. The summed E-state index contributed by atoms with van der Waals surface area (Å²) in [6, 6.07) is 9.02. The maximum Gasteiger partial charge on any atom is 0.305 e. The van der Waals surface area contributed by atoms with Gasteiger partial charge in [0, 0.05) is 127 Å². The van der Waals surface area contributed by atoms with E-state index < -0.39 is 162 Å². The van der Waals surface area contributed by atoms with Crippen molar-refractivity contribution in [3.05, 3.63) is 148 Å². The molecule has 6 aromatic rings. The van der Waals surface area contributed by atoms with Gasteiger partial charge in [0.15, 0.2) is 11.6 Å². The number of rotatable bonds is 15. The third-order valence-electron chi connectivity index (χ3n) is 18.7. The second kappa shape index (κ2) is 35.9. The number of nitrogens with two attached hydrogens (primary N) is 2. The number of carboxylic acids is 1. The molecule has 4 aromatic carbocycles. The maximum absolute atomic E-state index is 15.3. The number of hydrogen-bond acceptors (Lipinski definition) is 16. The zero-order valence-electron chi connectivity index (χ0n) is 57.0. The van der Waals surface area contributed by atoms with Crippen LogP contribution in [0.25, 0.3) is 21.8 Å². The number of nitrogens with zero attached hydrogens (tertiary/aromatic N) is 2. The highest BCUT2D eigenvalue weighted by molar-refractivity contribution is 7.98. The number of benzene rings is 4. The summed E-state index contributed by atoms with van der Waals surface area (Å²) in [7, 11) is 0. The number of hydrogen-bond donors (Lipinski definition) is 12. The lowest BCUT2D eigenvalue weighted by atomic mass is 9.89. The summed E-state index contributed by atoms with van der Waals surface area (Å²) >= 11 is 2.50. The molecule has 1 fully saturated rings. The van der Waals surface area contributed by atoms with Crippen LogP contribution in [0.3, 0.4) is 0 Å². The lowest BCUT2D eigenvalue weighted by Gasteiger charge is -2.37. The minimum absolute atomic E-state index is 0.00725. The van der Waals surface area contributed by atoms with Crippen LogP contribution in [0, 0.1) is 29.3 Å². The third kappa shape index (κ3) is 21.2. The van der Waals surface area contributed by atoms with Gasteiger partial charge in [-0.3, -0.25) is 57.7 Å². The molecule has 1 saturated heterocycles. The molecule has 8 amide bonds. The number of amides is 8. The van der Waals surface area contributed by atoms with Crippen LogP contribution in [0.15, 0.2) is 108 Å². The Kier molecular flexibility index (Phi) is 26.9. The van der Waals surface area contributed by atoms with E-state index in [9.17, 15) is 43.4 Å². The van der Waals surface area contributed by atoms with Crippen molar-refractivity contribution in [1.29, 1.82) is 0 Å². The molecule has 2 aromatic heterocycles. The first-order chi connectivity index (χ1) is 49.2. The van der Waals surface area contributed by atoms with Crippen LogP contribution in [0.2, 0.25) is 0 Å². The van der Waals surface area contributed by atoms with Crippen molar-refractivity contribution in [2.24, 2.45) is 28.3 Å². The molecule has 3 aliphatic heterocycles. The molecule has 5 heterocycles. The van der Waals surface area contributed by atoms with Crippen LogP contribution in [0.4, 0.5) is 13.2 Å². The van der Waals surface area contributed by atoms with Crippen molar-refractivity contribution >= 4 is 116 Å². The average Bonchev–Trinajstić information content (AvgIpc) is 1.68. The van der Waals surface area contributed by atoms with Gasteiger partial charge in [-0.05, 0) is 159 Å². The van der Waals surface area contributed by atoms with Crippen molar-refractivity contribution in [1.82, 2.24) is 46.8 Å². The van der Waals surface area contributed by atoms with Gasteiger partial charge in [-0.1, -0.05) is 18.2 Å². The molecule has 0 radical (unpaired) electrons. The SMILES string of the molecule is C[C@H]1NC(=O)[C@H](CCCCN)NC(=O)CCSCc2cc(F)cc(c2)CSC[C@@H](C(N)=O)NC(=O)[C@]2(C)CCCN2C(=O)[C@H](Cc2ccc(O)cc2)NC(=O)[C@H](CC2=CN=CC2)CC(=O)[C@H](CC(=O)O)NC(=O)[C@H](Cc2c[nH]c3ccc(F)cc23)NC(=O)[C@H](Cc2c[nH]c3ccc(F)cc23)CC1=O. The van der Waals surface area contributed by atoms with Gasteiger partial charge in [-0.25, -0.2) is 13.2 Å². The van der Waals surface area contributed by atoms with Crippen molar-refractivity contribution in [2.45, 2.75) is 157 Å². The third-order valence-corrected chi connectivity index (χ3v) is 20.9. The van der Waals surface area contributed by atoms with Gasteiger partial charge in [0.2, 0.25) is 47.3 Å². The standard InChI is InChI=1S/C73H85F3N12O13S2/c1-40-62(90)29-46(27-47-35-80-55-13-9-49(74)31-53(47)55)68(97)85-59(28-48-36-81-56-14-10-50(75)32-54(48)56)70(99)84-58(33-65(93)94)63(91)30-45(23-42-15-19-79-34-42)67(96)86-60(26-41-7-11-52(89)12-8-41)71(100)88-20-5-17-73(88,2)72(101)87-61(66(78)95)39-103-38-44-22-43(24-51(76)25-44)37-102-21-16-64(92)83-57(69(98)82-40)6-3-4-18-77/h7-14,19,22,24-25,31-32,34-36,40,45-46,57-61,80-81,89H,3-6,15-18,20-21,23,26-30,33,37-39,77H2,1-2H3,(H2,78,95)(H,82,98)(H,83,92)(H,84,99)(H,85,97)(H,86,96)(H,87,101)(H,93,94)/t40-,45-,46-,57+,58+,59+,60+,61+,73+/m1/s1. The number of phenols is 1. The number of aromatic amines is 2. The number of primary amides is 1. The number of carboxylic acid groups (broad SMARTS) is 1. The van der Waals surface area contributed by atoms with Gasteiger partial charge in [-0.15, -0.1) is 0 Å². The number of carbonyl (C=O) groups excluding carboxylic acids is 10. The molecule has 2 bridgehead atoms. The fourth-order valence-corrected chi connectivity index (χ4v) is 14.9. The number of phenolic OH excluding ortho intramolecular Hbond substituents is 1. The summed E-state index contributed by atoms with van der Waals surface area (Å²) in [5.74, 6) is -14.0. The van der Waals surface area contributed by atoms with Crippen molar-refractivity contribution in [3.8, 4) is 5.75 Å². The summed E-state index contributed by atoms with van der Waals surface area (Å²) in [5.41, 5.74) is 13.7. The van der Waals surface area contributed by atoms with E-state index in [2.05, 4.69) is 46.9 Å². The molecule has 9 rings (SSSR count). The van der Waals surface area contributed by atoms with E-state index >= 15 is 32.8 Å². The molecule has 30 heteroatoms. The Bertz CT molecular complexity index is 4230. The van der Waals surface area contributed by atoms with Crippen LogP contribution in [0.5, 0.6) is 5.75 Å². The summed E-state index contributed by atoms with van der Waals surface area (Å²) in [6.07, 6.45) is 4.04. The Morgan fingerprint density at radius 2 is 1.28 bits per heavy atom. The molecular weight excluding hydrogens is 1370 g/mol. The highest BCUT2D eigenvalue weighted by Crippen LogP contribution is 2.33. The molecule has 548 valence electrons. The number of aromatic nitrogens is 2. The molecule has 14 N–H and O–H groups in total. The number of Topliss-reactive ketones (excluding diaryl/α,β-unsaturated/α-hetero) is 2. The second-order valence-electron chi connectivity index (χ2n) is 26.5. The minimum Gasteiger partial charge on any atom is -0.508 e. The number of nitrogens with one attached hydrogen (secondary N) is 8. The first-order valence-corrected chi connectivity index (χ1v) is 36.4. The smallest absolute Gasteiger partial charge is 0.305 e. The number of allylic oxidation sites excluding steroid dienone is 1. The van der Waals surface area contributed by atoms with Gasteiger partial charge in [0.25, 0.3) is 0 Å². The fourth-order valence-electron chi connectivity index (χ4n) is 13.0. The topological polar surface area (TPSA) is 400 Å². The Labute approximate surface area is 600 Å². The number of fused-ring (bicyclic) bond motifs is 5. The van der Waals surface area contributed by atoms with Gasteiger partial charge in [-0.2, -0.15) is 23.5 Å². The molecule has 25 nitrogen and oxygen atoms in total. The highest BCUT2D eigenvalue weighted by Gasteiger charge is 2.49. The van der Waals surface area contributed by atoms with Crippen LogP contribution in [-0.2, 0) is 83.5 Å². The van der Waals surface area contributed by atoms with Crippen molar-refractivity contribution in [3.63, 3.8) is 0 Å². The first kappa shape index (κ1) is 77.4. The Balaban J connectivity index is 1.07. The number of ketones is 2. The molecule has 0 spiro atoms. The lowest BCUT2D eigenvalue weighted by Crippen LogP contribution is -2.62. The zero-order valence-corrected chi connectivity index (χ0v) is 58.6. The predicted octanol–water partition coefficient (Wildman–Crippen LogP) is 5.67. The van der Waals surface area contributed by atoms with E-state index in [1.165, 1.54) is 134 Å². The summed E-state index contributed by atoms with van der Waals surface area (Å²) in [4.78, 5) is 170. The molecule has 0 aliphatic carbocycles. The van der Waals surface area contributed by atoms with E-state index in [1.807, 2.05) is 0 Å². The molecule has 0 unspecified atom stereocenters. The normalized spacial score (nSPS) is 24.0. The average molecular weight is 1460 g/mol. The van der Waals surface area contributed by atoms with Crippen LogP contribution in [0.1, 0.15) is 112 Å². The Morgan fingerprint density at radius 1 is 0.670 bits per heavy atom. The summed E-state index contributed by atoms with van der Waals surface area (Å²) < 4.78 is 45.2. The summed E-state index contributed by atoms with van der Waals surface area (Å²) in [5, 5.41) is 37.5.